The Labute approximate surface area is 185 Å². The van der Waals surface area contributed by atoms with Crippen LogP contribution in [0.4, 0.5) is 11.4 Å². The van der Waals surface area contributed by atoms with E-state index < -0.39 is 0 Å². The lowest BCUT2D eigenvalue weighted by Crippen LogP contribution is -2.47. The van der Waals surface area contributed by atoms with Gasteiger partial charge in [0.2, 0.25) is 11.8 Å². The number of likely N-dealkylation sites (N-methyl/N-ethyl adjacent to an activating group) is 1. The monoisotopic (exact) mass is 428 g/mol. The third kappa shape index (κ3) is 5.98. The van der Waals surface area contributed by atoms with Crippen molar-refractivity contribution in [3.05, 3.63) is 24.3 Å². The minimum atomic E-state index is -0.166. The van der Waals surface area contributed by atoms with E-state index in [1.165, 1.54) is 32.1 Å². The van der Waals surface area contributed by atoms with Gasteiger partial charge < -0.3 is 19.9 Å². The maximum Gasteiger partial charge on any atom is 0.243 e. The molecule has 2 heterocycles. The molecule has 2 amide bonds. The molecule has 2 aliphatic heterocycles. The molecule has 2 atom stereocenters. The quantitative estimate of drug-likeness (QED) is 0.754. The van der Waals surface area contributed by atoms with E-state index in [2.05, 4.69) is 15.1 Å². The van der Waals surface area contributed by atoms with E-state index in [-0.39, 0.29) is 18.4 Å². The number of fused-ring (bicyclic) bond motifs is 1. The standard InChI is InChI=1S/C24H36N4O3/c1-26(24(30)18-27-11-10-19-4-2-3-5-20(19)16-27)17-23(29)25-21-6-8-22(9-7-21)28-12-14-31-15-13-28/h6-9,19-20H,2-5,10-18H2,1H3,(H,25,29)/t19-,20-/m1/s1. The number of carbonyl (C=O) groups excluding carboxylic acids is 2. The van der Waals surface area contributed by atoms with Crippen molar-refractivity contribution in [3.8, 4) is 0 Å². The van der Waals surface area contributed by atoms with Crippen LogP contribution in [0.1, 0.15) is 32.1 Å². The third-order valence-electron chi connectivity index (χ3n) is 7.07. The zero-order valence-corrected chi connectivity index (χ0v) is 18.7. The first-order chi connectivity index (χ1) is 15.1. The van der Waals surface area contributed by atoms with Crippen LogP contribution >= 0.6 is 0 Å². The molecule has 7 nitrogen and oxygen atoms in total. The third-order valence-corrected chi connectivity index (χ3v) is 7.07. The number of morpholine rings is 1. The average Bonchev–Trinajstić information content (AvgIpc) is 2.80. The first-order valence-corrected chi connectivity index (χ1v) is 11.8. The van der Waals surface area contributed by atoms with Gasteiger partial charge in [-0.15, -0.1) is 0 Å². The van der Waals surface area contributed by atoms with Gasteiger partial charge in [0.1, 0.15) is 0 Å². The maximum absolute atomic E-state index is 12.7. The molecule has 170 valence electrons. The van der Waals surface area contributed by atoms with Crippen LogP contribution < -0.4 is 10.2 Å². The van der Waals surface area contributed by atoms with E-state index in [9.17, 15) is 9.59 Å². The molecule has 1 saturated carbocycles. The van der Waals surface area contributed by atoms with Crippen LogP contribution in [0.3, 0.4) is 0 Å². The summed E-state index contributed by atoms with van der Waals surface area (Å²) in [5, 5.41) is 2.91. The molecule has 3 fully saturated rings. The number of carbonyl (C=O) groups is 2. The molecule has 0 unspecified atom stereocenters. The Kier molecular flexibility index (Phi) is 7.45. The number of amides is 2. The summed E-state index contributed by atoms with van der Waals surface area (Å²) < 4.78 is 5.39. The van der Waals surface area contributed by atoms with Crippen molar-refractivity contribution in [1.82, 2.24) is 9.80 Å². The van der Waals surface area contributed by atoms with Crippen molar-refractivity contribution in [2.45, 2.75) is 32.1 Å². The summed E-state index contributed by atoms with van der Waals surface area (Å²) in [4.78, 5) is 31.2. The fraction of sp³-hybridized carbons (Fsp3) is 0.667. The lowest BCUT2D eigenvalue weighted by Gasteiger charge is -2.41. The molecule has 1 aromatic rings. The lowest BCUT2D eigenvalue weighted by atomic mass is 9.75. The number of ether oxygens (including phenoxy) is 1. The predicted octanol–water partition coefficient (Wildman–Crippen LogP) is 2.43. The Morgan fingerprint density at radius 1 is 1.03 bits per heavy atom. The van der Waals surface area contributed by atoms with E-state index in [1.807, 2.05) is 24.3 Å². The molecule has 0 bridgehead atoms. The van der Waals surface area contributed by atoms with E-state index in [4.69, 9.17) is 4.74 Å². The fourth-order valence-corrected chi connectivity index (χ4v) is 5.21. The Morgan fingerprint density at radius 3 is 2.48 bits per heavy atom. The number of piperidine rings is 1. The zero-order chi connectivity index (χ0) is 21.6. The van der Waals surface area contributed by atoms with Crippen LogP contribution in [0.2, 0.25) is 0 Å². The van der Waals surface area contributed by atoms with Gasteiger partial charge in [0, 0.05) is 38.1 Å². The molecule has 0 radical (unpaired) electrons. The number of nitrogens with one attached hydrogen (secondary N) is 1. The van der Waals surface area contributed by atoms with E-state index >= 15 is 0 Å². The molecule has 0 aromatic heterocycles. The molecule has 0 spiro atoms. The highest BCUT2D eigenvalue weighted by Crippen LogP contribution is 2.35. The molecule has 7 heteroatoms. The molecule has 4 rings (SSSR count). The Bertz CT molecular complexity index is 748. The fourth-order valence-electron chi connectivity index (χ4n) is 5.21. The normalized spacial score (nSPS) is 24.4. The molecule has 31 heavy (non-hydrogen) atoms. The van der Waals surface area contributed by atoms with Crippen LogP contribution in [0, 0.1) is 11.8 Å². The van der Waals surface area contributed by atoms with Crippen molar-refractivity contribution < 1.29 is 14.3 Å². The summed E-state index contributed by atoms with van der Waals surface area (Å²) in [6.07, 6.45) is 6.57. The maximum atomic E-state index is 12.7. The van der Waals surface area contributed by atoms with Gasteiger partial charge in [-0.3, -0.25) is 14.5 Å². The van der Waals surface area contributed by atoms with Crippen LogP contribution in [-0.2, 0) is 14.3 Å². The minimum absolute atomic E-state index is 0.0204. The van der Waals surface area contributed by atoms with Crippen molar-refractivity contribution in [2.75, 3.05) is 69.7 Å². The van der Waals surface area contributed by atoms with Crippen molar-refractivity contribution in [2.24, 2.45) is 11.8 Å². The number of benzene rings is 1. The average molecular weight is 429 g/mol. The van der Waals surface area contributed by atoms with Gasteiger partial charge >= 0.3 is 0 Å². The molecule has 3 aliphatic rings. The highest BCUT2D eigenvalue weighted by Gasteiger charge is 2.32. The Hall–Kier alpha value is -2.12. The first-order valence-electron chi connectivity index (χ1n) is 11.8. The molecule has 1 N–H and O–H groups in total. The smallest absolute Gasteiger partial charge is 0.243 e. The number of hydrogen-bond acceptors (Lipinski definition) is 5. The van der Waals surface area contributed by atoms with Gasteiger partial charge in [-0.2, -0.15) is 0 Å². The van der Waals surface area contributed by atoms with Crippen LogP contribution in [-0.4, -0.2) is 81.1 Å². The van der Waals surface area contributed by atoms with E-state index in [0.29, 0.717) is 6.54 Å². The van der Waals surface area contributed by atoms with Gasteiger partial charge in [0.25, 0.3) is 0 Å². The summed E-state index contributed by atoms with van der Waals surface area (Å²) >= 11 is 0. The van der Waals surface area contributed by atoms with Crippen LogP contribution in [0.25, 0.3) is 0 Å². The van der Waals surface area contributed by atoms with Gasteiger partial charge in [-0.05, 0) is 55.5 Å². The molecule has 2 saturated heterocycles. The molecule has 1 aliphatic carbocycles. The van der Waals surface area contributed by atoms with Crippen molar-refractivity contribution in [3.63, 3.8) is 0 Å². The van der Waals surface area contributed by atoms with Crippen LogP contribution in [0.5, 0.6) is 0 Å². The highest BCUT2D eigenvalue weighted by molar-refractivity contribution is 5.94. The largest absolute Gasteiger partial charge is 0.378 e. The first kappa shape index (κ1) is 22.1. The minimum Gasteiger partial charge on any atom is -0.378 e. The van der Waals surface area contributed by atoms with Gasteiger partial charge in [0.05, 0.1) is 26.3 Å². The second kappa shape index (κ2) is 10.5. The van der Waals surface area contributed by atoms with Crippen molar-refractivity contribution >= 4 is 23.2 Å². The summed E-state index contributed by atoms with van der Waals surface area (Å²) in [6, 6.07) is 7.87. The zero-order valence-electron chi connectivity index (χ0n) is 18.7. The van der Waals surface area contributed by atoms with Gasteiger partial charge in [0.15, 0.2) is 0 Å². The Balaban J connectivity index is 1.21. The summed E-state index contributed by atoms with van der Waals surface area (Å²) in [7, 11) is 1.72. The second-order valence-corrected chi connectivity index (χ2v) is 9.27. The van der Waals surface area contributed by atoms with Crippen LogP contribution in [0.15, 0.2) is 24.3 Å². The predicted molar refractivity (Wildman–Crippen MR) is 122 cm³/mol. The second-order valence-electron chi connectivity index (χ2n) is 9.27. The molecular formula is C24H36N4O3. The number of likely N-dealkylation sites (tertiary alicyclic amines) is 1. The van der Waals surface area contributed by atoms with E-state index in [1.54, 1.807) is 11.9 Å². The topological polar surface area (TPSA) is 65.1 Å². The lowest BCUT2D eigenvalue weighted by molar-refractivity contribution is -0.135. The summed E-state index contributed by atoms with van der Waals surface area (Å²) in [5.41, 5.74) is 1.89. The summed E-state index contributed by atoms with van der Waals surface area (Å²) in [5.74, 6) is 1.47. The number of rotatable bonds is 6. The number of hydrogen-bond donors (Lipinski definition) is 1. The van der Waals surface area contributed by atoms with Crippen molar-refractivity contribution in [1.29, 1.82) is 0 Å². The molecular weight excluding hydrogens is 392 g/mol. The summed E-state index contributed by atoms with van der Waals surface area (Å²) in [6.45, 7) is 5.79. The highest BCUT2D eigenvalue weighted by atomic mass is 16.5. The number of anilines is 2. The SMILES string of the molecule is CN(CC(=O)Nc1ccc(N2CCOCC2)cc1)C(=O)CN1CC[C@H]2CCCC[C@@H]2C1. The van der Waals surface area contributed by atoms with Gasteiger partial charge in [-0.25, -0.2) is 0 Å². The molecule has 1 aromatic carbocycles. The Morgan fingerprint density at radius 2 is 1.74 bits per heavy atom. The number of nitrogens with zero attached hydrogens (tertiary/aromatic N) is 3. The van der Waals surface area contributed by atoms with E-state index in [0.717, 1.165) is 62.6 Å². The van der Waals surface area contributed by atoms with Gasteiger partial charge in [-0.1, -0.05) is 19.3 Å².